The predicted octanol–water partition coefficient (Wildman–Crippen LogP) is 2.24. The van der Waals surface area contributed by atoms with Crippen LogP contribution in [0.2, 0.25) is 0 Å². The summed E-state index contributed by atoms with van der Waals surface area (Å²) in [4.78, 5) is 19.8. The molecule has 0 bridgehead atoms. The van der Waals surface area contributed by atoms with Crippen molar-refractivity contribution in [3.8, 4) is 0 Å². The van der Waals surface area contributed by atoms with E-state index in [2.05, 4.69) is 0 Å². The Morgan fingerprint density at radius 1 is 1.35 bits per heavy atom. The fourth-order valence-electron chi connectivity index (χ4n) is 1.22. The van der Waals surface area contributed by atoms with Gasteiger partial charge in [-0.3, -0.25) is 14.9 Å². The standard InChI is InChI=1S/C9H6F3NO4/c10-9(11,12)6-1-5(3-8(14)15)2-7(4-6)13(16)17/h1-2,4H,3H2,(H,14,15). The summed E-state index contributed by atoms with van der Waals surface area (Å²) >= 11 is 0. The minimum Gasteiger partial charge on any atom is -0.481 e. The molecule has 17 heavy (non-hydrogen) atoms. The smallest absolute Gasteiger partial charge is 0.416 e. The minimum atomic E-state index is -4.75. The molecule has 0 heterocycles. The Labute approximate surface area is 92.6 Å². The van der Waals surface area contributed by atoms with Crippen LogP contribution >= 0.6 is 0 Å². The summed E-state index contributed by atoms with van der Waals surface area (Å²) in [6, 6.07) is 1.76. The van der Waals surface area contributed by atoms with E-state index in [0.717, 1.165) is 6.07 Å². The lowest BCUT2D eigenvalue weighted by Crippen LogP contribution is -2.08. The normalized spacial score (nSPS) is 11.2. The van der Waals surface area contributed by atoms with Crippen molar-refractivity contribution in [1.82, 2.24) is 0 Å². The molecule has 0 aliphatic heterocycles. The third-order valence-electron chi connectivity index (χ3n) is 1.87. The van der Waals surface area contributed by atoms with Crippen molar-refractivity contribution in [2.75, 3.05) is 0 Å². The Kier molecular flexibility index (Phi) is 3.35. The molecule has 0 saturated heterocycles. The van der Waals surface area contributed by atoms with Gasteiger partial charge in [0.2, 0.25) is 0 Å². The molecule has 8 heteroatoms. The molecule has 0 aliphatic rings. The first-order valence-corrected chi connectivity index (χ1v) is 4.27. The number of hydrogen-bond acceptors (Lipinski definition) is 3. The molecule has 0 fully saturated rings. The van der Waals surface area contributed by atoms with Crippen molar-refractivity contribution in [3.05, 3.63) is 39.4 Å². The van der Waals surface area contributed by atoms with Crippen LogP contribution < -0.4 is 0 Å². The van der Waals surface area contributed by atoms with Crippen LogP contribution in [0.3, 0.4) is 0 Å². The van der Waals surface area contributed by atoms with E-state index in [9.17, 15) is 28.1 Å². The lowest BCUT2D eigenvalue weighted by atomic mass is 10.1. The maximum absolute atomic E-state index is 12.4. The summed E-state index contributed by atoms with van der Waals surface area (Å²) in [6.45, 7) is 0. The zero-order valence-corrected chi connectivity index (χ0v) is 8.19. The topological polar surface area (TPSA) is 80.4 Å². The Hall–Kier alpha value is -2.12. The van der Waals surface area contributed by atoms with Gasteiger partial charge in [0.05, 0.1) is 16.9 Å². The van der Waals surface area contributed by atoms with E-state index in [-0.39, 0.29) is 5.56 Å². The van der Waals surface area contributed by atoms with Crippen molar-refractivity contribution < 1.29 is 28.0 Å². The quantitative estimate of drug-likeness (QED) is 0.658. The lowest BCUT2D eigenvalue weighted by Gasteiger charge is -2.08. The second kappa shape index (κ2) is 4.40. The number of carboxylic acid groups (broad SMARTS) is 1. The van der Waals surface area contributed by atoms with Gasteiger partial charge in [-0.2, -0.15) is 13.2 Å². The van der Waals surface area contributed by atoms with Crippen LogP contribution in [0.1, 0.15) is 11.1 Å². The predicted molar refractivity (Wildman–Crippen MR) is 49.4 cm³/mol. The highest BCUT2D eigenvalue weighted by Crippen LogP contribution is 2.32. The van der Waals surface area contributed by atoms with E-state index in [1.54, 1.807) is 0 Å². The highest BCUT2D eigenvalue weighted by molar-refractivity contribution is 5.70. The number of nitrogens with zero attached hydrogens (tertiary/aromatic N) is 1. The third kappa shape index (κ3) is 3.44. The fourth-order valence-corrected chi connectivity index (χ4v) is 1.22. The zero-order chi connectivity index (χ0) is 13.2. The van der Waals surface area contributed by atoms with Crippen LogP contribution in [0.4, 0.5) is 18.9 Å². The van der Waals surface area contributed by atoms with Crippen molar-refractivity contribution >= 4 is 11.7 Å². The zero-order valence-electron chi connectivity index (χ0n) is 8.19. The number of aliphatic carboxylic acids is 1. The highest BCUT2D eigenvalue weighted by atomic mass is 19.4. The molecule has 0 radical (unpaired) electrons. The van der Waals surface area contributed by atoms with Gasteiger partial charge in [0.25, 0.3) is 5.69 Å². The van der Waals surface area contributed by atoms with Crippen molar-refractivity contribution in [3.63, 3.8) is 0 Å². The maximum Gasteiger partial charge on any atom is 0.416 e. The molecule has 0 amide bonds. The number of carboxylic acids is 1. The second-order valence-corrected chi connectivity index (χ2v) is 3.21. The minimum absolute atomic E-state index is 0.265. The first-order chi connectivity index (χ1) is 7.70. The third-order valence-corrected chi connectivity index (χ3v) is 1.87. The molecule has 0 spiro atoms. The van der Waals surface area contributed by atoms with Gasteiger partial charge in [-0.15, -0.1) is 0 Å². The van der Waals surface area contributed by atoms with E-state index in [1.165, 1.54) is 0 Å². The number of alkyl halides is 3. The van der Waals surface area contributed by atoms with Crippen LogP contribution in [-0.2, 0) is 17.4 Å². The molecule has 1 aromatic rings. The fraction of sp³-hybridized carbons (Fsp3) is 0.222. The van der Waals surface area contributed by atoms with Crippen LogP contribution in [0.5, 0.6) is 0 Å². The number of hydrogen-bond donors (Lipinski definition) is 1. The largest absolute Gasteiger partial charge is 0.481 e. The summed E-state index contributed by atoms with van der Waals surface area (Å²) in [5, 5.41) is 18.8. The van der Waals surface area contributed by atoms with Gasteiger partial charge < -0.3 is 5.11 Å². The Balaban J connectivity index is 3.28. The molecule has 92 valence electrons. The monoisotopic (exact) mass is 249 g/mol. The first-order valence-electron chi connectivity index (χ1n) is 4.27. The highest BCUT2D eigenvalue weighted by Gasteiger charge is 2.32. The molecule has 0 unspecified atom stereocenters. The van der Waals surface area contributed by atoms with Gasteiger partial charge in [-0.1, -0.05) is 0 Å². The Bertz CT molecular complexity index is 470. The van der Waals surface area contributed by atoms with E-state index < -0.39 is 34.7 Å². The van der Waals surface area contributed by atoms with Crippen LogP contribution in [0.25, 0.3) is 0 Å². The van der Waals surface area contributed by atoms with E-state index in [1.807, 2.05) is 0 Å². The molecular weight excluding hydrogens is 243 g/mol. The van der Waals surface area contributed by atoms with Crippen molar-refractivity contribution in [2.24, 2.45) is 0 Å². The number of nitro groups is 1. The molecular formula is C9H6F3NO4. The summed E-state index contributed by atoms with van der Waals surface area (Å²) in [7, 11) is 0. The lowest BCUT2D eigenvalue weighted by molar-refractivity contribution is -0.385. The Morgan fingerprint density at radius 2 is 1.94 bits per heavy atom. The number of non-ortho nitro benzene ring substituents is 1. The van der Waals surface area contributed by atoms with Crippen LogP contribution in [0, 0.1) is 10.1 Å². The van der Waals surface area contributed by atoms with Crippen LogP contribution in [-0.4, -0.2) is 16.0 Å². The van der Waals surface area contributed by atoms with Gasteiger partial charge in [0.15, 0.2) is 0 Å². The molecule has 5 nitrogen and oxygen atoms in total. The van der Waals surface area contributed by atoms with Gasteiger partial charge in [-0.25, -0.2) is 0 Å². The summed E-state index contributed by atoms with van der Waals surface area (Å²) in [5.74, 6) is -1.36. The van der Waals surface area contributed by atoms with E-state index in [4.69, 9.17) is 5.11 Å². The van der Waals surface area contributed by atoms with Gasteiger partial charge in [0, 0.05) is 12.1 Å². The maximum atomic E-state index is 12.4. The molecule has 1 rings (SSSR count). The Morgan fingerprint density at radius 3 is 2.35 bits per heavy atom. The van der Waals surface area contributed by atoms with Gasteiger partial charge in [0.1, 0.15) is 0 Å². The van der Waals surface area contributed by atoms with Gasteiger partial charge in [-0.05, 0) is 11.6 Å². The van der Waals surface area contributed by atoms with E-state index >= 15 is 0 Å². The average Bonchev–Trinajstić information content (AvgIpc) is 2.14. The molecule has 1 aromatic carbocycles. The van der Waals surface area contributed by atoms with Crippen molar-refractivity contribution in [2.45, 2.75) is 12.6 Å². The molecule has 1 N–H and O–H groups in total. The number of halogens is 3. The number of benzene rings is 1. The molecule has 0 atom stereocenters. The summed E-state index contributed by atoms with van der Waals surface area (Å²) < 4.78 is 37.1. The first kappa shape index (κ1) is 12.9. The van der Waals surface area contributed by atoms with Crippen molar-refractivity contribution in [1.29, 1.82) is 0 Å². The number of carbonyl (C=O) groups is 1. The number of rotatable bonds is 3. The summed E-state index contributed by atoms with van der Waals surface area (Å²) in [5.41, 5.74) is -2.28. The average molecular weight is 249 g/mol. The number of nitro benzene ring substituents is 1. The molecule has 0 aromatic heterocycles. The van der Waals surface area contributed by atoms with Gasteiger partial charge >= 0.3 is 12.1 Å². The molecule has 0 aliphatic carbocycles. The SMILES string of the molecule is O=C(O)Cc1cc([N+](=O)[O-])cc(C(F)(F)F)c1. The van der Waals surface area contributed by atoms with Crippen LogP contribution in [0.15, 0.2) is 18.2 Å². The molecule has 0 saturated carbocycles. The van der Waals surface area contributed by atoms with E-state index in [0.29, 0.717) is 12.1 Å². The summed E-state index contributed by atoms with van der Waals surface area (Å²) in [6.07, 6.45) is -5.45. The second-order valence-electron chi connectivity index (χ2n) is 3.21.